The lowest BCUT2D eigenvalue weighted by Gasteiger charge is -2.31. The zero-order valence-electron chi connectivity index (χ0n) is 7.20. The van der Waals surface area contributed by atoms with E-state index in [4.69, 9.17) is 9.47 Å². The van der Waals surface area contributed by atoms with E-state index in [-0.39, 0.29) is 19.7 Å². The van der Waals surface area contributed by atoms with Crippen LogP contribution < -0.4 is 0 Å². The summed E-state index contributed by atoms with van der Waals surface area (Å²) in [6, 6.07) is 0. The molecule has 1 atom stereocenters. The Morgan fingerprint density at radius 1 is 1.69 bits per heavy atom. The van der Waals surface area contributed by atoms with Gasteiger partial charge in [0.05, 0.1) is 13.2 Å². The Bertz CT molecular complexity index is 189. The van der Waals surface area contributed by atoms with E-state index >= 15 is 0 Å². The van der Waals surface area contributed by atoms with Crippen molar-refractivity contribution in [2.45, 2.75) is 12.7 Å². The number of amides is 1. The predicted octanol–water partition coefficient (Wildman–Crippen LogP) is 0.0828. The average molecular weight is 195 g/mol. The second-order valence-corrected chi connectivity index (χ2v) is 2.62. The molecule has 1 aliphatic heterocycles. The molecule has 1 rings (SSSR count). The van der Waals surface area contributed by atoms with E-state index in [1.807, 2.05) is 0 Å². The van der Waals surface area contributed by atoms with Crippen LogP contribution in [0.15, 0.2) is 0 Å². The number of carbonyl (C=O) groups is 1. The van der Waals surface area contributed by atoms with Gasteiger partial charge >= 0.3 is 6.43 Å². The Morgan fingerprint density at radius 2 is 2.38 bits per heavy atom. The summed E-state index contributed by atoms with van der Waals surface area (Å²) in [7, 11) is 1.40. The van der Waals surface area contributed by atoms with Crippen LogP contribution in [0.2, 0.25) is 0 Å². The zero-order valence-corrected chi connectivity index (χ0v) is 7.20. The van der Waals surface area contributed by atoms with Crippen molar-refractivity contribution in [1.82, 2.24) is 4.90 Å². The summed E-state index contributed by atoms with van der Waals surface area (Å²) in [6.07, 6.45) is -3.54. The molecule has 0 aliphatic carbocycles. The standard InChI is InChI=1S/C7H11F2NO3/c1-12-5-4-10(2-3-13-5)7(11)6(8)9/h5-6H,2-4H2,1H3. The summed E-state index contributed by atoms with van der Waals surface area (Å²) in [4.78, 5) is 11.9. The molecule has 0 bridgehead atoms. The van der Waals surface area contributed by atoms with Gasteiger partial charge in [-0.1, -0.05) is 0 Å². The molecule has 13 heavy (non-hydrogen) atoms. The minimum absolute atomic E-state index is 0.0691. The van der Waals surface area contributed by atoms with Gasteiger partial charge in [-0.05, 0) is 0 Å². The van der Waals surface area contributed by atoms with Gasteiger partial charge in [0.15, 0.2) is 6.29 Å². The quantitative estimate of drug-likeness (QED) is 0.626. The van der Waals surface area contributed by atoms with Crippen molar-refractivity contribution in [3.63, 3.8) is 0 Å². The molecule has 1 unspecified atom stereocenters. The monoisotopic (exact) mass is 195 g/mol. The van der Waals surface area contributed by atoms with E-state index in [2.05, 4.69) is 0 Å². The number of alkyl halides is 2. The maximum Gasteiger partial charge on any atom is 0.315 e. The van der Waals surface area contributed by atoms with Gasteiger partial charge < -0.3 is 14.4 Å². The van der Waals surface area contributed by atoms with Gasteiger partial charge in [0.25, 0.3) is 5.91 Å². The Kier molecular flexibility index (Phi) is 3.56. The molecule has 4 nitrogen and oxygen atoms in total. The van der Waals surface area contributed by atoms with Crippen molar-refractivity contribution in [1.29, 1.82) is 0 Å². The first-order valence-corrected chi connectivity index (χ1v) is 3.86. The fourth-order valence-corrected chi connectivity index (χ4v) is 1.10. The van der Waals surface area contributed by atoms with E-state index in [0.717, 1.165) is 4.90 Å². The maximum absolute atomic E-state index is 12.0. The van der Waals surface area contributed by atoms with Crippen LogP contribution in [0.5, 0.6) is 0 Å². The van der Waals surface area contributed by atoms with Crippen LogP contribution in [0.25, 0.3) is 0 Å². The fourth-order valence-electron chi connectivity index (χ4n) is 1.10. The van der Waals surface area contributed by atoms with Gasteiger partial charge in [-0.3, -0.25) is 4.79 Å². The molecule has 0 radical (unpaired) electrons. The van der Waals surface area contributed by atoms with Crippen LogP contribution in [0.4, 0.5) is 8.78 Å². The van der Waals surface area contributed by atoms with Gasteiger partial charge in [0.2, 0.25) is 0 Å². The summed E-state index contributed by atoms with van der Waals surface area (Å²) in [5.74, 6) is -1.16. The van der Waals surface area contributed by atoms with E-state index in [9.17, 15) is 13.6 Å². The summed E-state index contributed by atoms with van der Waals surface area (Å²) < 4.78 is 33.8. The zero-order chi connectivity index (χ0) is 9.84. The predicted molar refractivity (Wildman–Crippen MR) is 39.3 cm³/mol. The SMILES string of the molecule is COC1CN(C(=O)C(F)F)CCO1. The second kappa shape index (κ2) is 4.48. The molecule has 1 heterocycles. The summed E-state index contributed by atoms with van der Waals surface area (Å²) in [5, 5.41) is 0. The average Bonchev–Trinajstić information content (AvgIpc) is 2.16. The Hall–Kier alpha value is -0.750. The summed E-state index contributed by atoms with van der Waals surface area (Å²) in [5.41, 5.74) is 0. The first-order chi connectivity index (χ1) is 6.15. The molecule has 1 amide bonds. The van der Waals surface area contributed by atoms with E-state index < -0.39 is 18.6 Å². The maximum atomic E-state index is 12.0. The van der Waals surface area contributed by atoms with Gasteiger partial charge in [0, 0.05) is 13.7 Å². The molecule has 1 aliphatic rings. The number of hydrogen-bond acceptors (Lipinski definition) is 3. The number of halogens is 2. The van der Waals surface area contributed by atoms with Gasteiger partial charge in [-0.2, -0.15) is 8.78 Å². The Labute approximate surface area is 74.4 Å². The first-order valence-electron chi connectivity index (χ1n) is 3.86. The molecular formula is C7H11F2NO3. The number of hydrogen-bond donors (Lipinski definition) is 0. The van der Waals surface area contributed by atoms with Crippen molar-refractivity contribution >= 4 is 5.91 Å². The third-order valence-corrected chi connectivity index (χ3v) is 1.80. The molecule has 6 heteroatoms. The lowest BCUT2D eigenvalue weighted by molar-refractivity contribution is -0.180. The first kappa shape index (κ1) is 10.3. The lowest BCUT2D eigenvalue weighted by Crippen LogP contribution is -2.48. The highest BCUT2D eigenvalue weighted by Crippen LogP contribution is 2.08. The van der Waals surface area contributed by atoms with Crippen LogP contribution in [0.1, 0.15) is 0 Å². The molecule has 0 N–H and O–H groups in total. The van der Waals surface area contributed by atoms with Gasteiger partial charge in [-0.25, -0.2) is 0 Å². The highest BCUT2D eigenvalue weighted by Gasteiger charge is 2.28. The normalized spacial score (nSPS) is 23.7. The van der Waals surface area contributed by atoms with E-state index in [0.29, 0.717) is 0 Å². The molecule has 0 aromatic carbocycles. The smallest absolute Gasteiger partial charge is 0.315 e. The highest BCUT2D eigenvalue weighted by molar-refractivity contribution is 5.79. The number of ether oxygens (including phenoxy) is 2. The van der Waals surface area contributed by atoms with Crippen LogP contribution in [0.3, 0.4) is 0 Å². The van der Waals surface area contributed by atoms with Crippen molar-refractivity contribution in [3.8, 4) is 0 Å². The lowest BCUT2D eigenvalue weighted by atomic mass is 10.4. The second-order valence-electron chi connectivity index (χ2n) is 2.62. The number of nitrogens with zero attached hydrogens (tertiary/aromatic N) is 1. The molecule has 0 saturated carbocycles. The molecule has 1 saturated heterocycles. The molecule has 0 aromatic heterocycles. The van der Waals surface area contributed by atoms with Crippen LogP contribution in [-0.2, 0) is 14.3 Å². The van der Waals surface area contributed by atoms with E-state index in [1.165, 1.54) is 7.11 Å². The van der Waals surface area contributed by atoms with Crippen molar-refractivity contribution < 1.29 is 23.0 Å². The van der Waals surface area contributed by atoms with Crippen molar-refractivity contribution in [2.75, 3.05) is 26.8 Å². The van der Waals surface area contributed by atoms with Crippen LogP contribution in [-0.4, -0.2) is 50.3 Å². The highest BCUT2D eigenvalue weighted by atomic mass is 19.3. The van der Waals surface area contributed by atoms with Crippen molar-refractivity contribution in [3.05, 3.63) is 0 Å². The summed E-state index contributed by atoms with van der Waals surface area (Å²) in [6.45, 7) is 0.500. The Morgan fingerprint density at radius 3 is 2.92 bits per heavy atom. The molecule has 76 valence electrons. The minimum atomic E-state index is -2.95. The minimum Gasteiger partial charge on any atom is -0.354 e. The van der Waals surface area contributed by atoms with Crippen LogP contribution >= 0.6 is 0 Å². The van der Waals surface area contributed by atoms with E-state index in [1.54, 1.807) is 0 Å². The van der Waals surface area contributed by atoms with Gasteiger partial charge in [-0.15, -0.1) is 0 Å². The molecule has 0 spiro atoms. The van der Waals surface area contributed by atoms with Gasteiger partial charge in [0.1, 0.15) is 0 Å². The van der Waals surface area contributed by atoms with Crippen molar-refractivity contribution in [2.24, 2.45) is 0 Å². The largest absolute Gasteiger partial charge is 0.354 e. The molecule has 1 fully saturated rings. The molecule has 0 aromatic rings. The third-order valence-electron chi connectivity index (χ3n) is 1.80. The molecular weight excluding hydrogens is 184 g/mol. The fraction of sp³-hybridized carbons (Fsp3) is 0.857. The summed E-state index contributed by atoms with van der Waals surface area (Å²) >= 11 is 0. The number of rotatable bonds is 2. The van der Waals surface area contributed by atoms with Crippen LogP contribution in [0, 0.1) is 0 Å². The number of morpholine rings is 1. The third kappa shape index (κ3) is 2.60. The number of carbonyl (C=O) groups excluding carboxylic acids is 1. The number of methoxy groups -OCH3 is 1. The Balaban J connectivity index is 2.46. The topological polar surface area (TPSA) is 38.8 Å².